The minimum absolute atomic E-state index is 0.0609. The van der Waals surface area contributed by atoms with Crippen LogP contribution >= 0.6 is 0 Å². The van der Waals surface area contributed by atoms with Crippen molar-refractivity contribution in [2.45, 2.75) is 13.0 Å². The Morgan fingerprint density at radius 1 is 1.75 bits per heavy atom. The van der Waals surface area contributed by atoms with Gasteiger partial charge in [-0.05, 0) is 6.92 Å². The molecule has 1 unspecified atom stereocenters. The smallest absolute Gasteiger partial charge is 0.299 e. The van der Waals surface area contributed by atoms with Gasteiger partial charge in [-0.3, -0.25) is 8.98 Å². The Balaban J connectivity index is 4.44. The van der Waals surface area contributed by atoms with Gasteiger partial charge in [-0.25, -0.2) is 0 Å². The van der Waals surface area contributed by atoms with Gasteiger partial charge in [0.2, 0.25) is 0 Å². The molecule has 0 rings (SSSR count). The van der Waals surface area contributed by atoms with Crippen LogP contribution in [-0.2, 0) is 19.1 Å². The first-order valence-electron chi connectivity index (χ1n) is 3.21. The summed E-state index contributed by atoms with van der Waals surface area (Å²) in [6.45, 7) is 4.55. The van der Waals surface area contributed by atoms with Crippen molar-refractivity contribution >= 4 is 16.4 Å². The van der Waals surface area contributed by atoms with Gasteiger partial charge in [0.25, 0.3) is 10.1 Å². The third-order valence-electron chi connectivity index (χ3n) is 1.08. The standard InChI is InChI=1S/C6H11NO4S/c1-5(3-7)11-12(9,10)6(2)4-8/h4-5H,2-3,7H2,1H3. The zero-order valence-corrected chi connectivity index (χ0v) is 7.50. The molecule has 0 aromatic carbocycles. The predicted octanol–water partition coefficient (Wildman–Crippen LogP) is -0.607. The minimum Gasteiger partial charge on any atom is -0.328 e. The average molecular weight is 193 g/mol. The van der Waals surface area contributed by atoms with Crippen LogP contribution in [0.5, 0.6) is 0 Å². The fourth-order valence-corrected chi connectivity index (χ4v) is 1.13. The number of hydrogen-bond acceptors (Lipinski definition) is 5. The van der Waals surface area contributed by atoms with Gasteiger partial charge >= 0.3 is 0 Å². The topological polar surface area (TPSA) is 86.5 Å². The normalized spacial score (nSPS) is 13.8. The second-order valence-corrected chi connectivity index (χ2v) is 3.81. The Bertz CT molecular complexity index is 269. The zero-order valence-electron chi connectivity index (χ0n) is 6.69. The first-order chi connectivity index (χ1) is 5.44. The number of rotatable bonds is 5. The molecule has 0 aromatic heterocycles. The summed E-state index contributed by atoms with van der Waals surface area (Å²) < 4.78 is 26.3. The number of aldehydes is 1. The minimum atomic E-state index is -3.96. The molecule has 0 aliphatic heterocycles. The highest BCUT2D eigenvalue weighted by atomic mass is 32.2. The van der Waals surface area contributed by atoms with Crippen LogP contribution < -0.4 is 5.73 Å². The molecule has 0 saturated carbocycles. The molecule has 0 spiro atoms. The lowest BCUT2D eigenvalue weighted by Crippen LogP contribution is -2.24. The predicted molar refractivity (Wildman–Crippen MR) is 43.7 cm³/mol. The highest BCUT2D eigenvalue weighted by Gasteiger charge is 2.18. The summed E-state index contributed by atoms with van der Waals surface area (Å²) in [4.78, 5) is 9.44. The van der Waals surface area contributed by atoms with Gasteiger partial charge in [0.05, 0.1) is 6.10 Å². The Morgan fingerprint density at radius 3 is 2.58 bits per heavy atom. The summed E-state index contributed by atoms with van der Waals surface area (Å²) in [6.07, 6.45) is -0.523. The van der Waals surface area contributed by atoms with Gasteiger partial charge in [0.1, 0.15) is 4.91 Å². The van der Waals surface area contributed by atoms with E-state index in [-0.39, 0.29) is 12.8 Å². The van der Waals surface area contributed by atoms with Crippen molar-refractivity contribution < 1.29 is 17.4 Å². The molecule has 0 aliphatic rings. The molecule has 0 amide bonds. The van der Waals surface area contributed by atoms with Crippen molar-refractivity contribution in [1.82, 2.24) is 0 Å². The molecule has 2 N–H and O–H groups in total. The fraction of sp³-hybridized carbons (Fsp3) is 0.500. The van der Waals surface area contributed by atoms with Crippen LogP contribution in [0.25, 0.3) is 0 Å². The molecule has 6 heteroatoms. The van der Waals surface area contributed by atoms with Gasteiger partial charge < -0.3 is 5.73 Å². The summed E-state index contributed by atoms with van der Waals surface area (Å²) in [6, 6.07) is 0. The SMILES string of the molecule is C=C(C=O)S(=O)(=O)OC(C)CN. The summed E-state index contributed by atoms with van der Waals surface area (Å²) in [5.41, 5.74) is 5.11. The quantitative estimate of drug-likeness (QED) is 0.357. The lowest BCUT2D eigenvalue weighted by Gasteiger charge is -2.08. The number of allylic oxidation sites excluding steroid dienone is 1. The summed E-state index contributed by atoms with van der Waals surface area (Å²) in [5, 5.41) is 0. The highest BCUT2D eigenvalue weighted by molar-refractivity contribution is 7.91. The Kier molecular flexibility index (Phi) is 4.08. The van der Waals surface area contributed by atoms with E-state index in [1.807, 2.05) is 0 Å². The fourth-order valence-electron chi connectivity index (χ4n) is 0.376. The maximum atomic E-state index is 10.9. The molecular weight excluding hydrogens is 182 g/mol. The summed E-state index contributed by atoms with van der Waals surface area (Å²) in [5.74, 6) is 0. The maximum Gasteiger partial charge on any atom is 0.299 e. The zero-order chi connectivity index (χ0) is 9.78. The van der Waals surface area contributed by atoms with Crippen LogP contribution in [0, 0.1) is 0 Å². The summed E-state index contributed by atoms with van der Waals surface area (Å²) >= 11 is 0. The van der Waals surface area contributed by atoms with E-state index in [2.05, 4.69) is 10.8 Å². The molecule has 0 bridgehead atoms. The first-order valence-corrected chi connectivity index (χ1v) is 4.62. The van der Waals surface area contributed by atoms with Gasteiger partial charge in [-0.2, -0.15) is 8.42 Å². The largest absolute Gasteiger partial charge is 0.328 e. The Hall–Kier alpha value is -0.720. The van der Waals surface area contributed by atoms with E-state index in [4.69, 9.17) is 5.73 Å². The molecule has 0 aliphatic carbocycles. The van der Waals surface area contributed by atoms with Crippen LogP contribution in [0.15, 0.2) is 11.5 Å². The molecule has 12 heavy (non-hydrogen) atoms. The van der Waals surface area contributed by atoms with Gasteiger partial charge in [-0.1, -0.05) is 6.58 Å². The molecular formula is C6H11NO4S. The van der Waals surface area contributed by atoms with E-state index in [9.17, 15) is 13.2 Å². The van der Waals surface area contributed by atoms with Crippen molar-refractivity contribution in [2.75, 3.05) is 6.54 Å². The van der Waals surface area contributed by atoms with E-state index >= 15 is 0 Å². The highest BCUT2D eigenvalue weighted by Crippen LogP contribution is 2.06. The molecule has 0 radical (unpaired) electrons. The van der Waals surface area contributed by atoms with E-state index < -0.39 is 21.1 Å². The lowest BCUT2D eigenvalue weighted by molar-refractivity contribution is -0.104. The second-order valence-electron chi connectivity index (χ2n) is 2.18. The van der Waals surface area contributed by atoms with Crippen molar-refractivity contribution in [2.24, 2.45) is 5.73 Å². The lowest BCUT2D eigenvalue weighted by atomic mass is 10.4. The van der Waals surface area contributed by atoms with E-state index in [0.717, 1.165) is 0 Å². The van der Waals surface area contributed by atoms with Gasteiger partial charge in [0.15, 0.2) is 6.29 Å². The third kappa shape index (κ3) is 3.12. The van der Waals surface area contributed by atoms with Crippen molar-refractivity contribution in [3.8, 4) is 0 Å². The van der Waals surface area contributed by atoms with E-state index in [1.165, 1.54) is 6.92 Å². The Morgan fingerprint density at radius 2 is 2.25 bits per heavy atom. The number of carbonyl (C=O) groups excluding carboxylic acids is 1. The Labute approximate surface area is 71.3 Å². The van der Waals surface area contributed by atoms with Gasteiger partial charge in [-0.15, -0.1) is 0 Å². The number of hydrogen-bond donors (Lipinski definition) is 1. The van der Waals surface area contributed by atoms with Crippen molar-refractivity contribution in [3.63, 3.8) is 0 Å². The van der Waals surface area contributed by atoms with Crippen LogP contribution in [0.1, 0.15) is 6.92 Å². The van der Waals surface area contributed by atoms with Crippen molar-refractivity contribution in [3.05, 3.63) is 11.5 Å². The van der Waals surface area contributed by atoms with Crippen molar-refractivity contribution in [1.29, 1.82) is 0 Å². The number of carbonyl (C=O) groups is 1. The molecule has 5 nitrogen and oxygen atoms in total. The van der Waals surface area contributed by atoms with Crippen LogP contribution in [0.2, 0.25) is 0 Å². The second kappa shape index (κ2) is 4.34. The molecule has 70 valence electrons. The molecule has 0 fully saturated rings. The van der Waals surface area contributed by atoms with Gasteiger partial charge in [0, 0.05) is 6.54 Å². The number of nitrogens with two attached hydrogens (primary N) is 1. The van der Waals surface area contributed by atoms with E-state index in [0.29, 0.717) is 0 Å². The molecule has 1 atom stereocenters. The average Bonchev–Trinajstić information content (AvgIpc) is 2.02. The molecule has 0 heterocycles. The van der Waals surface area contributed by atoms with Crippen LogP contribution in [0.4, 0.5) is 0 Å². The summed E-state index contributed by atoms with van der Waals surface area (Å²) in [7, 11) is -3.96. The molecule has 0 aromatic rings. The monoisotopic (exact) mass is 193 g/mol. The first kappa shape index (κ1) is 11.3. The van der Waals surface area contributed by atoms with Crippen LogP contribution in [0.3, 0.4) is 0 Å². The van der Waals surface area contributed by atoms with Crippen LogP contribution in [-0.4, -0.2) is 27.4 Å². The third-order valence-corrected chi connectivity index (χ3v) is 2.40. The maximum absolute atomic E-state index is 10.9. The molecule has 0 saturated heterocycles. The van der Waals surface area contributed by atoms with E-state index in [1.54, 1.807) is 0 Å².